The molecule has 0 spiro atoms. The molecule has 0 fully saturated rings. The molecule has 2 aromatic carbocycles. The number of carbonyl (C=O) groups is 1. The lowest BCUT2D eigenvalue weighted by Gasteiger charge is -2.12. The van der Waals surface area contributed by atoms with Crippen molar-refractivity contribution < 1.29 is 23.1 Å². The Labute approximate surface area is 142 Å². The van der Waals surface area contributed by atoms with Crippen LogP contribution in [0.5, 0.6) is 5.75 Å². The molecule has 0 aliphatic rings. The molecule has 0 aromatic heterocycles. The zero-order valence-corrected chi connectivity index (χ0v) is 14.0. The molecule has 0 atom stereocenters. The number of ether oxygens (including phenoxy) is 1. The van der Waals surface area contributed by atoms with E-state index < -0.39 is 16.0 Å². The third-order valence-electron chi connectivity index (χ3n) is 2.88. The number of aromatic carboxylic acids is 1. The van der Waals surface area contributed by atoms with Gasteiger partial charge in [-0.3, -0.25) is 4.72 Å². The van der Waals surface area contributed by atoms with E-state index in [-0.39, 0.29) is 26.9 Å². The van der Waals surface area contributed by atoms with Crippen LogP contribution in [0.15, 0.2) is 41.3 Å². The highest BCUT2D eigenvalue weighted by atomic mass is 35.5. The molecule has 6 nitrogen and oxygen atoms in total. The molecule has 0 heterocycles. The van der Waals surface area contributed by atoms with Crippen molar-refractivity contribution in [1.29, 1.82) is 0 Å². The monoisotopic (exact) mass is 375 g/mol. The Bertz CT molecular complexity index is 867. The standard InChI is InChI=1S/C14H11Cl2NO5S/c1-22-13-5-3-9(7-10(13)14(18)19)23(20,21)17-12-6-8(15)2-4-11(12)16/h2-7,17H,1H3,(H,18,19). The number of anilines is 1. The molecular formula is C14H11Cl2NO5S. The molecule has 0 amide bonds. The van der Waals surface area contributed by atoms with Crippen LogP contribution in [0, 0.1) is 0 Å². The number of carboxylic acids is 1. The summed E-state index contributed by atoms with van der Waals surface area (Å²) in [5.41, 5.74) is -0.181. The molecule has 0 saturated carbocycles. The van der Waals surface area contributed by atoms with Crippen LogP contribution in [0.2, 0.25) is 10.0 Å². The number of benzene rings is 2. The summed E-state index contributed by atoms with van der Waals surface area (Å²) >= 11 is 11.7. The maximum absolute atomic E-state index is 12.4. The van der Waals surface area contributed by atoms with E-state index in [0.29, 0.717) is 5.02 Å². The highest BCUT2D eigenvalue weighted by Gasteiger charge is 2.20. The number of sulfonamides is 1. The summed E-state index contributed by atoms with van der Waals surface area (Å²) in [6.45, 7) is 0. The van der Waals surface area contributed by atoms with Crippen molar-refractivity contribution in [2.24, 2.45) is 0 Å². The second-order valence-electron chi connectivity index (χ2n) is 4.40. The van der Waals surface area contributed by atoms with E-state index in [0.717, 1.165) is 6.07 Å². The van der Waals surface area contributed by atoms with Crippen molar-refractivity contribution in [3.8, 4) is 5.75 Å². The van der Waals surface area contributed by atoms with Gasteiger partial charge in [-0.2, -0.15) is 0 Å². The van der Waals surface area contributed by atoms with Crippen LogP contribution < -0.4 is 9.46 Å². The minimum absolute atomic E-state index is 0.0530. The fraction of sp³-hybridized carbons (Fsp3) is 0.0714. The zero-order chi connectivity index (χ0) is 17.2. The fourth-order valence-corrected chi connectivity index (χ4v) is 3.29. The van der Waals surface area contributed by atoms with Crippen molar-refractivity contribution >= 4 is 44.9 Å². The molecule has 2 aromatic rings. The maximum Gasteiger partial charge on any atom is 0.339 e. The molecule has 0 saturated heterocycles. The Hall–Kier alpha value is -1.96. The van der Waals surface area contributed by atoms with Gasteiger partial charge in [-0.1, -0.05) is 23.2 Å². The largest absolute Gasteiger partial charge is 0.496 e. The van der Waals surface area contributed by atoms with Crippen LogP contribution >= 0.6 is 23.2 Å². The summed E-state index contributed by atoms with van der Waals surface area (Å²) in [5, 5.41) is 9.58. The first-order valence-corrected chi connectivity index (χ1v) is 8.37. The van der Waals surface area contributed by atoms with Crippen molar-refractivity contribution in [2.75, 3.05) is 11.8 Å². The summed E-state index contributed by atoms with van der Waals surface area (Å²) in [6.07, 6.45) is 0. The van der Waals surface area contributed by atoms with Crippen LogP contribution in [0.25, 0.3) is 0 Å². The highest BCUT2D eigenvalue weighted by Crippen LogP contribution is 2.29. The summed E-state index contributed by atoms with van der Waals surface area (Å²) in [7, 11) is -2.75. The first-order valence-electron chi connectivity index (χ1n) is 6.14. The third-order valence-corrected chi connectivity index (χ3v) is 4.81. The predicted molar refractivity (Wildman–Crippen MR) is 87.2 cm³/mol. The number of carboxylic acid groups (broad SMARTS) is 1. The van der Waals surface area contributed by atoms with Crippen LogP contribution in [0.3, 0.4) is 0 Å². The smallest absolute Gasteiger partial charge is 0.339 e. The molecule has 0 aliphatic carbocycles. The van der Waals surface area contributed by atoms with Crippen LogP contribution in [-0.2, 0) is 10.0 Å². The Morgan fingerprint density at radius 1 is 1.17 bits per heavy atom. The summed E-state index contributed by atoms with van der Waals surface area (Å²) < 4.78 is 31.9. The summed E-state index contributed by atoms with van der Waals surface area (Å²) in [5.74, 6) is -1.25. The molecule has 122 valence electrons. The average molecular weight is 376 g/mol. The minimum atomic E-state index is -4.05. The van der Waals surface area contributed by atoms with Crippen LogP contribution in [0.4, 0.5) is 5.69 Å². The molecule has 0 radical (unpaired) electrons. The van der Waals surface area contributed by atoms with E-state index in [9.17, 15) is 13.2 Å². The maximum atomic E-state index is 12.4. The quantitative estimate of drug-likeness (QED) is 0.833. The third kappa shape index (κ3) is 3.87. The van der Waals surface area contributed by atoms with E-state index >= 15 is 0 Å². The summed E-state index contributed by atoms with van der Waals surface area (Å²) in [4.78, 5) is 10.9. The van der Waals surface area contributed by atoms with Crippen molar-refractivity contribution in [3.05, 3.63) is 52.0 Å². The molecule has 0 bridgehead atoms. The van der Waals surface area contributed by atoms with Gasteiger partial charge in [-0.05, 0) is 36.4 Å². The lowest BCUT2D eigenvalue weighted by atomic mass is 10.2. The van der Waals surface area contributed by atoms with Gasteiger partial charge in [0.05, 0.1) is 22.7 Å². The van der Waals surface area contributed by atoms with Gasteiger partial charge in [0.25, 0.3) is 10.0 Å². The summed E-state index contributed by atoms with van der Waals surface area (Å²) in [6, 6.07) is 7.80. The van der Waals surface area contributed by atoms with Gasteiger partial charge in [0, 0.05) is 5.02 Å². The number of nitrogens with one attached hydrogen (secondary N) is 1. The zero-order valence-electron chi connectivity index (χ0n) is 11.7. The second-order valence-corrected chi connectivity index (χ2v) is 6.92. The molecular weight excluding hydrogens is 365 g/mol. The molecule has 0 aliphatic heterocycles. The SMILES string of the molecule is COc1ccc(S(=O)(=O)Nc2cc(Cl)ccc2Cl)cc1C(=O)O. The van der Waals surface area contributed by atoms with Crippen LogP contribution in [0.1, 0.15) is 10.4 Å². The minimum Gasteiger partial charge on any atom is -0.496 e. The van der Waals surface area contributed by atoms with E-state index in [1.54, 1.807) is 0 Å². The number of halogens is 2. The van der Waals surface area contributed by atoms with E-state index in [2.05, 4.69) is 4.72 Å². The molecule has 2 N–H and O–H groups in total. The normalized spacial score (nSPS) is 11.1. The number of rotatable bonds is 5. The molecule has 23 heavy (non-hydrogen) atoms. The first kappa shape index (κ1) is 17.4. The molecule has 2 rings (SSSR count). The molecule has 9 heteroatoms. The first-order chi connectivity index (χ1) is 10.7. The Morgan fingerprint density at radius 2 is 1.87 bits per heavy atom. The number of methoxy groups -OCH3 is 1. The van der Waals surface area contributed by atoms with Gasteiger partial charge < -0.3 is 9.84 Å². The number of hydrogen-bond acceptors (Lipinski definition) is 4. The van der Waals surface area contributed by atoms with Gasteiger partial charge >= 0.3 is 5.97 Å². The van der Waals surface area contributed by atoms with Crippen molar-refractivity contribution in [1.82, 2.24) is 0 Å². The lowest BCUT2D eigenvalue weighted by Crippen LogP contribution is -2.14. The van der Waals surface area contributed by atoms with Gasteiger partial charge in [0.1, 0.15) is 11.3 Å². The predicted octanol–water partition coefficient (Wildman–Crippen LogP) is 3.50. The van der Waals surface area contributed by atoms with E-state index in [1.165, 1.54) is 37.4 Å². The van der Waals surface area contributed by atoms with Crippen molar-refractivity contribution in [2.45, 2.75) is 4.90 Å². The lowest BCUT2D eigenvalue weighted by molar-refractivity contribution is 0.0693. The average Bonchev–Trinajstić information content (AvgIpc) is 2.50. The topological polar surface area (TPSA) is 92.7 Å². The van der Waals surface area contributed by atoms with Gasteiger partial charge in [-0.15, -0.1) is 0 Å². The Morgan fingerprint density at radius 3 is 2.48 bits per heavy atom. The van der Waals surface area contributed by atoms with Crippen molar-refractivity contribution in [3.63, 3.8) is 0 Å². The second kappa shape index (κ2) is 6.66. The number of hydrogen-bond donors (Lipinski definition) is 2. The fourth-order valence-electron chi connectivity index (χ4n) is 1.80. The molecule has 0 unspecified atom stereocenters. The van der Waals surface area contributed by atoms with Gasteiger partial charge in [0.15, 0.2) is 0 Å². The van der Waals surface area contributed by atoms with E-state index in [4.69, 9.17) is 33.0 Å². The van der Waals surface area contributed by atoms with Gasteiger partial charge in [-0.25, -0.2) is 13.2 Å². The van der Waals surface area contributed by atoms with E-state index in [1.807, 2.05) is 0 Å². The van der Waals surface area contributed by atoms with Gasteiger partial charge in [0.2, 0.25) is 0 Å². The Balaban J connectivity index is 2.46. The Kier molecular flexibility index (Phi) is 5.03. The van der Waals surface area contributed by atoms with Crippen LogP contribution in [-0.4, -0.2) is 26.6 Å². The highest BCUT2D eigenvalue weighted by molar-refractivity contribution is 7.92.